The van der Waals surface area contributed by atoms with Crippen molar-refractivity contribution in [3.63, 3.8) is 0 Å². The van der Waals surface area contributed by atoms with Crippen LogP contribution in [0.5, 0.6) is 0 Å². The second-order valence-corrected chi connectivity index (χ2v) is 4.72. The number of rotatable bonds is 3. The van der Waals surface area contributed by atoms with Crippen LogP contribution in [0, 0.1) is 6.92 Å². The molecule has 0 saturated carbocycles. The van der Waals surface area contributed by atoms with Crippen molar-refractivity contribution >= 4 is 5.52 Å². The third-order valence-electron chi connectivity index (χ3n) is 3.28. The molecule has 0 spiro atoms. The van der Waals surface area contributed by atoms with Gasteiger partial charge in [-0.3, -0.25) is 9.67 Å². The number of aromatic nitrogens is 5. The van der Waals surface area contributed by atoms with Gasteiger partial charge >= 0.3 is 0 Å². The van der Waals surface area contributed by atoms with Crippen molar-refractivity contribution in [1.29, 1.82) is 0 Å². The predicted octanol–water partition coefficient (Wildman–Crippen LogP) is 1.01. The molecule has 0 radical (unpaired) electrons. The van der Waals surface area contributed by atoms with E-state index in [2.05, 4.69) is 21.2 Å². The van der Waals surface area contributed by atoms with Crippen molar-refractivity contribution < 1.29 is 0 Å². The van der Waals surface area contributed by atoms with E-state index in [1.165, 1.54) is 0 Å². The Kier molecular flexibility index (Phi) is 2.79. The van der Waals surface area contributed by atoms with Gasteiger partial charge < -0.3 is 5.73 Å². The van der Waals surface area contributed by atoms with Crippen LogP contribution in [0.25, 0.3) is 5.52 Å². The number of fused-ring (bicyclic) bond motifs is 1. The Morgan fingerprint density at radius 1 is 1.37 bits per heavy atom. The van der Waals surface area contributed by atoms with Gasteiger partial charge in [0.05, 0.1) is 23.6 Å². The first-order chi connectivity index (χ1) is 9.15. The Morgan fingerprint density at radius 3 is 2.95 bits per heavy atom. The van der Waals surface area contributed by atoms with Crippen LogP contribution in [0.1, 0.15) is 23.0 Å². The van der Waals surface area contributed by atoms with Gasteiger partial charge in [0.15, 0.2) is 0 Å². The van der Waals surface area contributed by atoms with Gasteiger partial charge in [-0.05, 0) is 13.0 Å². The Morgan fingerprint density at radius 2 is 2.21 bits per heavy atom. The van der Waals surface area contributed by atoms with Crippen molar-refractivity contribution in [3.05, 3.63) is 47.8 Å². The Labute approximate surface area is 110 Å². The van der Waals surface area contributed by atoms with Gasteiger partial charge in [-0.2, -0.15) is 10.2 Å². The molecule has 0 saturated heterocycles. The standard InChI is InChI=1S/C13H16N6/c1-9-5-10(18(2)17-9)6-12(14)11-7-16-19-4-3-15-8-13(11)19/h3-5,7-8,12H,6,14H2,1-2H3. The maximum absolute atomic E-state index is 6.29. The third-order valence-corrected chi connectivity index (χ3v) is 3.28. The molecule has 1 atom stereocenters. The van der Waals surface area contributed by atoms with Gasteiger partial charge in [0.25, 0.3) is 0 Å². The normalized spacial score (nSPS) is 13.0. The second-order valence-electron chi connectivity index (χ2n) is 4.72. The maximum Gasteiger partial charge on any atom is 0.0892 e. The first kappa shape index (κ1) is 11.9. The lowest BCUT2D eigenvalue weighted by Crippen LogP contribution is -2.15. The van der Waals surface area contributed by atoms with E-state index in [0.29, 0.717) is 0 Å². The summed E-state index contributed by atoms with van der Waals surface area (Å²) in [5.41, 5.74) is 10.4. The highest BCUT2D eigenvalue weighted by Gasteiger charge is 2.15. The highest BCUT2D eigenvalue weighted by molar-refractivity contribution is 5.53. The zero-order valence-corrected chi connectivity index (χ0v) is 11.0. The first-order valence-corrected chi connectivity index (χ1v) is 6.17. The molecule has 0 bridgehead atoms. The lowest BCUT2D eigenvalue weighted by atomic mass is 10.0. The van der Waals surface area contributed by atoms with Gasteiger partial charge in [0, 0.05) is 43.2 Å². The minimum Gasteiger partial charge on any atom is -0.324 e. The zero-order valence-electron chi connectivity index (χ0n) is 11.0. The molecule has 1 unspecified atom stereocenters. The highest BCUT2D eigenvalue weighted by Crippen LogP contribution is 2.20. The topological polar surface area (TPSA) is 74.0 Å². The fraction of sp³-hybridized carbons (Fsp3) is 0.308. The summed E-state index contributed by atoms with van der Waals surface area (Å²) in [5, 5.41) is 8.62. The molecule has 0 amide bonds. The van der Waals surface area contributed by atoms with E-state index in [1.54, 1.807) is 16.9 Å². The molecule has 0 aromatic carbocycles. The lowest BCUT2D eigenvalue weighted by Gasteiger charge is -2.10. The predicted molar refractivity (Wildman–Crippen MR) is 71.6 cm³/mol. The van der Waals surface area contributed by atoms with Gasteiger partial charge in [-0.15, -0.1) is 0 Å². The molecule has 98 valence electrons. The Balaban J connectivity index is 1.92. The molecule has 0 fully saturated rings. The van der Waals surface area contributed by atoms with Gasteiger partial charge in [0.1, 0.15) is 0 Å². The van der Waals surface area contributed by atoms with Crippen LogP contribution < -0.4 is 5.73 Å². The van der Waals surface area contributed by atoms with Crippen LogP contribution in [0.4, 0.5) is 0 Å². The van der Waals surface area contributed by atoms with Crippen LogP contribution >= 0.6 is 0 Å². The zero-order chi connectivity index (χ0) is 13.4. The quantitative estimate of drug-likeness (QED) is 0.759. The number of aryl methyl sites for hydroxylation is 2. The smallest absolute Gasteiger partial charge is 0.0892 e. The minimum absolute atomic E-state index is 0.114. The number of hydrogen-bond acceptors (Lipinski definition) is 4. The Bertz CT molecular complexity index is 711. The number of hydrogen-bond donors (Lipinski definition) is 1. The van der Waals surface area contributed by atoms with E-state index in [9.17, 15) is 0 Å². The molecule has 6 heteroatoms. The van der Waals surface area contributed by atoms with Gasteiger partial charge in [-0.1, -0.05) is 0 Å². The molecule has 6 nitrogen and oxygen atoms in total. The van der Waals surface area contributed by atoms with Crippen molar-refractivity contribution in [3.8, 4) is 0 Å². The third kappa shape index (κ3) is 2.10. The average Bonchev–Trinajstić information content (AvgIpc) is 2.93. The number of nitrogens with zero attached hydrogens (tertiary/aromatic N) is 5. The molecule has 0 aliphatic carbocycles. The molecule has 3 rings (SSSR count). The summed E-state index contributed by atoms with van der Waals surface area (Å²) < 4.78 is 3.66. The first-order valence-electron chi connectivity index (χ1n) is 6.17. The average molecular weight is 256 g/mol. The fourth-order valence-electron chi connectivity index (χ4n) is 2.33. The molecule has 3 aromatic rings. The van der Waals surface area contributed by atoms with Crippen molar-refractivity contribution in [1.82, 2.24) is 24.4 Å². The van der Waals surface area contributed by atoms with Crippen molar-refractivity contribution in [2.45, 2.75) is 19.4 Å². The van der Waals surface area contributed by atoms with Crippen LogP contribution in [-0.4, -0.2) is 24.4 Å². The number of nitrogens with two attached hydrogens (primary N) is 1. The second kappa shape index (κ2) is 4.47. The maximum atomic E-state index is 6.29. The largest absolute Gasteiger partial charge is 0.324 e. The summed E-state index contributed by atoms with van der Waals surface area (Å²) in [7, 11) is 1.94. The molecular formula is C13H16N6. The summed E-state index contributed by atoms with van der Waals surface area (Å²) in [6, 6.07) is 1.94. The summed E-state index contributed by atoms with van der Waals surface area (Å²) in [4.78, 5) is 4.12. The van der Waals surface area contributed by atoms with Crippen LogP contribution in [0.15, 0.2) is 30.9 Å². The molecule has 19 heavy (non-hydrogen) atoms. The summed E-state index contributed by atoms with van der Waals surface area (Å²) in [6.45, 7) is 1.98. The molecule has 0 aliphatic heterocycles. The molecule has 2 N–H and O–H groups in total. The van der Waals surface area contributed by atoms with Crippen LogP contribution in [-0.2, 0) is 13.5 Å². The molecule has 3 aromatic heterocycles. The van der Waals surface area contributed by atoms with E-state index < -0.39 is 0 Å². The van der Waals surface area contributed by atoms with Gasteiger partial charge in [-0.25, -0.2) is 4.52 Å². The summed E-state index contributed by atoms with van der Waals surface area (Å²) in [6.07, 6.45) is 7.86. The van der Waals surface area contributed by atoms with Gasteiger partial charge in [0.2, 0.25) is 0 Å². The van der Waals surface area contributed by atoms with E-state index in [-0.39, 0.29) is 6.04 Å². The minimum atomic E-state index is -0.114. The van der Waals surface area contributed by atoms with E-state index in [0.717, 1.165) is 28.9 Å². The van der Waals surface area contributed by atoms with E-state index >= 15 is 0 Å². The van der Waals surface area contributed by atoms with Crippen LogP contribution in [0.3, 0.4) is 0 Å². The molecular weight excluding hydrogens is 240 g/mol. The highest BCUT2D eigenvalue weighted by atomic mass is 15.3. The summed E-state index contributed by atoms with van der Waals surface area (Å²) >= 11 is 0. The van der Waals surface area contributed by atoms with E-state index in [1.807, 2.05) is 31.0 Å². The van der Waals surface area contributed by atoms with Crippen molar-refractivity contribution in [2.24, 2.45) is 12.8 Å². The molecule has 3 heterocycles. The monoisotopic (exact) mass is 256 g/mol. The van der Waals surface area contributed by atoms with E-state index in [4.69, 9.17) is 5.73 Å². The SMILES string of the molecule is Cc1cc(CC(N)c2cnn3ccncc23)n(C)n1. The lowest BCUT2D eigenvalue weighted by molar-refractivity contribution is 0.642. The van der Waals surface area contributed by atoms with Crippen molar-refractivity contribution in [2.75, 3.05) is 0 Å². The van der Waals surface area contributed by atoms with Crippen LogP contribution in [0.2, 0.25) is 0 Å². The Hall–Kier alpha value is -2.21. The molecule has 0 aliphatic rings. The summed E-state index contributed by atoms with van der Waals surface area (Å²) in [5.74, 6) is 0. The fourth-order valence-corrected chi connectivity index (χ4v) is 2.33.